The fourth-order valence-electron chi connectivity index (χ4n) is 3.48. The van der Waals surface area contributed by atoms with Gasteiger partial charge in [0.15, 0.2) is 0 Å². The van der Waals surface area contributed by atoms with Gasteiger partial charge in [0.05, 0.1) is 6.54 Å². The van der Waals surface area contributed by atoms with E-state index in [-0.39, 0.29) is 24.3 Å². The van der Waals surface area contributed by atoms with Crippen molar-refractivity contribution in [2.24, 2.45) is 0 Å². The Labute approximate surface area is 177 Å². The Hall–Kier alpha value is -3.15. The number of carbonyl (C=O) groups is 3. The van der Waals surface area contributed by atoms with Crippen LogP contribution in [-0.2, 0) is 11.2 Å². The number of piperazine rings is 1. The lowest BCUT2D eigenvalue weighted by atomic mass is 10.1. The van der Waals surface area contributed by atoms with Crippen LogP contribution in [0.5, 0.6) is 0 Å². The third-order valence-electron chi connectivity index (χ3n) is 5.70. The Morgan fingerprint density at radius 1 is 0.833 bits per heavy atom. The molecule has 158 valence electrons. The molecule has 1 N–H and O–H groups in total. The smallest absolute Gasteiger partial charge is 0.253 e. The molecule has 0 atom stereocenters. The SMILES string of the molecule is CCc1ccc(C(=O)N2CCN(C(=O)CNC(=O)c3ccc(C)c(C)c3)CC2)cc1. The van der Waals surface area contributed by atoms with Crippen LogP contribution in [0, 0.1) is 13.8 Å². The third kappa shape index (κ3) is 5.06. The molecule has 0 aliphatic carbocycles. The van der Waals surface area contributed by atoms with Gasteiger partial charge in [-0.3, -0.25) is 14.4 Å². The van der Waals surface area contributed by atoms with Gasteiger partial charge >= 0.3 is 0 Å². The number of carbonyl (C=O) groups excluding carboxylic acids is 3. The van der Waals surface area contributed by atoms with Crippen LogP contribution in [0.3, 0.4) is 0 Å². The molecule has 3 amide bonds. The standard InChI is InChI=1S/C24H29N3O3/c1-4-19-6-9-20(10-7-19)24(30)27-13-11-26(12-14-27)22(28)16-25-23(29)21-8-5-17(2)18(3)15-21/h5-10,15H,4,11-14,16H2,1-3H3,(H,25,29). The first-order valence-corrected chi connectivity index (χ1v) is 10.4. The third-order valence-corrected chi connectivity index (χ3v) is 5.70. The van der Waals surface area contributed by atoms with E-state index in [0.717, 1.165) is 17.5 Å². The molecule has 0 unspecified atom stereocenters. The number of hydrogen-bond acceptors (Lipinski definition) is 3. The van der Waals surface area contributed by atoms with E-state index in [1.165, 1.54) is 5.56 Å². The van der Waals surface area contributed by atoms with Crippen molar-refractivity contribution in [3.63, 3.8) is 0 Å². The highest BCUT2D eigenvalue weighted by Crippen LogP contribution is 2.12. The molecule has 0 spiro atoms. The monoisotopic (exact) mass is 407 g/mol. The fraction of sp³-hybridized carbons (Fsp3) is 0.375. The Bertz CT molecular complexity index is 929. The zero-order valence-electron chi connectivity index (χ0n) is 17.9. The Kier molecular flexibility index (Phi) is 6.87. The van der Waals surface area contributed by atoms with Crippen LogP contribution in [0.15, 0.2) is 42.5 Å². The van der Waals surface area contributed by atoms with Gasteiger partial charge in [0.2, 0.25) is 5.91 Å². The van der Waals surface area contributed by atoms with E-state index < -0.39 is 0 Å². The summed E-state index contributed by atoms with van der Waals surface area (Å²) in [5.74, 6) is -0.393. The molecular formula is C24H29N3O3. The van der Waals surface area contributed by atoms with Crippen LogP contribution in [0.1, 0.15) is 44.3 Å². The van der Waals surface area contributed by atoms with Gasteiger partial charge in [-0.05, 0) is 61.2 Å². The number of nitrogens with one attached hydrogen (secondary N) is 1. The fourth-order valence-corrected chi connectivity index (χ4v) is 3.48. The van der Waals surface area contributed by atoms with E-state index in [1.807, 2.05) is 50.2 Å². The van der Waals surface area contributed by atoms with E-state index in [1.54, 1.807) is 15.9 Å². The minimum Gasteiger partial charge on any atom is -0.343 e. The lowest BCUT2D eigenvalue weighted by Crippen LogP contribution is -2.52. The van der Waals surface area contributed by atoms with E-state index in [9.17, 15) is 14.4 Å². The van der Waals surface area contributed by atoms with Crippen molar-refractivity contribution in [2.75, 3.05) is 32.7 Å². The summed E-state index contributed by atoms with van der Waals surface area (Å²) in [5, 5.41) is 2.70. The summed E-state index contributed by atoms with van der Waals surface area (Å²) in [6.45, 7) is 7.90. The summed E-state index contributed by atoms with van der Waals surface area (Å²) in [7, 11) is 0. The normalized spacial score (nSPS) is 13.8. The molecule has 0 aromatic heterocycles. The van der Waals surface area contributed by atoms with Gasteiger partial charge in [-0.2, -0.15) is 0 Å². The average Bonchev–Trinajstić information content (AvgIpc) is 2.78. The number of benzene rings is 2. The van der Waals surface area contributed by atoms with Crippen molar-refractivity contribution in [2.45, 2.75) is 27.2 Å². The summed E-state index contributed by atoms with van der Waals surface area (Å²) in [6, 6.07) is 13.2. The molecule has 30 heavy (non-hydrogen) atoms. The minimum absolute atomic E-state index is 0.00667. The Morgan fingerprint density at radius 2 is 1.43 bits per heavy atom. The summed E-state index contributed by atoms with van der Waals surface area (Å²) < 4.78 is 0. The van der Waals surface area contributed by atoms with Crippen molar-refractivity contribution >= 4 is 17.7 Å². The molecule has 6 nitrogen and oxygen atoms in total. The molecular weight excluding hydrogens is 378 g/mol. The van der Waals surface area contributed by atoms with E-state index in [0.29, 0.717) is 37.3 Å². The topological polar surface area (TPSA) is 69.7 Å². The van der Waals surface area contributed by atoms with E-state index in [2.05, 4.69) is 12.2 Å². The summed E-state index contributed by atoms with van der Waals surface area (Å²) in [6.07, 6.45) is 0.940. The van der Waals surface area contributed by atoms with E-state index in [4.69, 9.17) is 0 Å². The largest absolute Gasteiger partial charge is 0.343 e. The van der Waals surface area contributed by atoms with Crippen molar-refractivity contribution in [3.05, 3.63) is 70.3 Å². The van der Waals surface area contributed by atoms with Crippen LogP contribution in [0.25, 0.3) is 0 Å². The quantitative estimate of drug-likeness (QED) is 0.828. The van der Waals surface area contributed by atoms with Crippen LogP contribution in [-0.4, -0.2) is 60.2 Å². The molecule has 1 aliphatic rings. The minimum atomic E-state index is -0.254. The number of nitrogens with zero attached hydrogens (tertiary/aromatic N) is 2. The van der Waals surface area contributed by atoms with Crippen molar-refractivity contribution < 1.29 is 14.4 Å². The molecule has 3 rings (SSSR count). The highest BCUT2D eigenvalue weighted by molar-refractivity contribution is 5.97. The maximum Gasteiger partial charge on any atom is 0.253 e. The van der Waals surface area contributed by atoms with Gasteiger partial charge in [-0.25, -0.2) is 0 Å². The average molecular weight is 408 g/mol. The van der Waals surface area contributed by atoms with Gasteiger partial charge in [-0.1, -0.05) is 25.1 Å². The second-order valence-electron chi connectivity index (χ2n) is 7.71. The Balaban J connectivity index is 1.48. The second-order valence-corrected chi connectivity index (χ2v) is 7.71. The van der Waals surface area contributed by atoms with E-state index >= 15 is 0 Å². The lowest BCUT2D eigenvalue weighted by molar-refractivity contribution is -0.131. The first-order valence-electron chi connectivity index (χ1n) is 10.4. The zero-order chi connectivity index (χ0) is 21.7. The number of aryl methyl sites for hydroxylation is 3. The predicted molar refractivity (Wildman–Crippen MR) is 117 cm³/mol. The van der Waals surface area contributed by atoms with Crippen molar-refractivity contribution in [1.82, 2.24) is 15.1 Å². The maximum atomic E-state index is 12.7. The number of amides is 3. The molecule has 0 radical (unpaired) electrons. The molecule has 6 heteroatoms. The zero-order valence-corrected chi connectivity index (χ0v) is 17.9. The van der Waals surface area contributed by atoms with Crippen LogP contribution >= 0.6 is 0 Å². The van der Waals surface area contributed by atoms with Gasteiger partial charge in [0, 0.05) is 37.3 Å². The molecule has 1 fully saturated rings. The molecule has 1 aliphatic heterocycles. The van der Waals surface area contributed by atoms with Crippen LogP contribution < -0.4 is 5.32 Å². The summed E-state index contributed by atoms with van der Waals surface area (Å²) >= 11 is 0. The summed E-state index contributed by atoms with van der Waals surface area (Å²) in [5.41, 5.74) is 4.59. The van der Waals surface area contributed by atoms with Crippen molar-refractivity contribution in [3.8, 4) is 0 Å². The summed E-state index contributed by atoms with van der Waals surface area (Å²) in [4.78, 5) is 40.9. The predicted octanol–water partition coefficient (Wildman–Crippen LogP) is 2.58. The first-order chi connectivity index (χ1) is 14.4. The second kappa shape index (κ2) is 9.57. The van der Waals surface area contributed by atoms with Gasteiger partial charge in [0.25, 0.3) is 11.8 Å². The van der Waals surface area contributed by atoms with Gasteiger partial charge in [-0.15, -0.1) is 0 Å². The lowest BCUT2D eigenvalue weighted by Gasteiger charge is -2.35. The molecule has 2 aromatic carbocycles. The molecule has 1 saturated heterocycles. The first kappa shape index (κ1) is 21.6. The molecule has 0 bridgehead atoms. The van der Waals surface area contributed by atoms with Gasteiger partial charge < -0.3 is 15.1 Å². The van der Waals surface area contributed by atoms with Crippen LogP contribution in [0.4, 0.5) is 0 Å². The van der Waals surface area contributed by atoms with Crippen molar-refractivity contribution in [1.29, 1.82) is 0 Å². The highest BCUT2D eigenvalue weighted by Gasteiger charge is 2.25. The van der Waals surface area contributed by atoms with Gasteiger partial charge in [0.1, 0.15) is 0 Å². The molecule has 0 saturated carbocycles. The maximum absolute atomic E-state index is 12.7. The highest BCUT2D eigenvalue weighted by atomic mass is 16.2. The molecule has 2 aromatic rings. The van der Waals surface area contributed by atoms with Crippen LogP contribution in [0.2, 0.25) is 0 Å². The molecule has 1 heterocycles. The number of hydrogen-bond donors (Lipinski definition) is 1. The number of rotatable bonds is 5. The Morgan fingerprint density at radius 3 is 2.03 bits per heavy atom.